The third-order valence-corrected chi connectivity index (χ3v) is 2.78. The van der Waals surface area contributed by atoms with Crippen molar-refractivity contribution in [3.8, 4) is 5.75 Å². The number of methoxy groups -OCH3 is 1. The molecule has 0 N–H and O–H groups in total. The maximum absolute atomic E-state index is 11.6. The Balaban J connectivity index is 2.24. The summed E-state index contributed by atoms with van der Waals surface area (Å²) in [5, 5.41) is 0. The largest absolute Gasteiger partial charge is 0.497 e. The van der Waals surface area contributed by atoms with E-state index in [9.17, 15) is 4.79 Å². The van der Waals surface area contributed by atoms with Crippen LogP contribution in [0.4, 0.5) is 10.5 Å². The van der Waals surface area contributed by atoms with Crippen molar-refractivity contribution in [3.63, 3.8) is 0 Å². The lowest BCUT2D eigenvalue weighted by molar-refractivity contribution is 0.178. The molecular formula is C12H15NO3. The number of anilines is 1. The molecule has 1 fully saturated rings. The fourth-order valence-corrected chi connectivity index (χ4v) is 1.82. The molecule has 4 heteroatoms. The summed E-state index contributed by atoms with van der Waals surface area (Å²) in [5.41, 5.74) is 0.857. The smallest absolute Gasteiger partial charge is 0.414 e. The minimum Gasteiger partial charge on any atom is -0.497 e. The Bertz CT molecular complexity index is 374. The minimum absolute atomic E-state index is 0.140. The molecule has 1 heterocycles. The minimum atomic E-state index is -0.267. The van der Waals surface area contributed by atoms with Gasteiger partial charge in [-0.3, -0.25) is 4.90 Å². The Hall–Kier alpha value is -1.71. The molecule has 1 aliphatic rings. The van der Waals surface area contributed by atoms with E-state index in [1.165, 1.54) is 0 Å². The molecule has 1 aromatic carbocycles. The van der Waals surface area contributed by atoms with Crippen LogP contribution < -0.4 is 9.64 Å². The molecule has 0 aromatic heterocycles. The lowest BCUT2D eigenvalue weighted by Gasteiger charge is -2.20. The average molecular weight is 221 g/mol. The number of ether oxygens (including phenoxy) is 2. The van der Waals surface area contributed by atoms with E-state index < -0.39 is 0 Å². The van der Waals surface area contributed by atoms with Gasteiger partial charge in [0.05, 0.1) is 13.2 Å². The van der Waals surface area contributed by atoms with Crippen molar-refractivity contribution in [2.75, 3.05) is 18.6 Å². The lowest BCUT2D eigenvalue weighted by atomic mass is 10.2. The van der Waals surface area contributed by atoms with Gasteiger partial charge < -0.3 is 9.47 Å². The second-order valence-electron chi connectivity index (χ2n) is 3.71. The van der Waals surface area contributed by atoms with Crippen molar-refractivity contribution in [2.45, 2.75) is 19.4 Å². The first-order chi connectivity index (χ1) is 7.76. The van der Waals surface area contributed by atoms with Crippen LogP contribution in [-0.4, -0.2) is 25.9 Å². The van der Waals surface area contributed by atoms with Crippen LogP contribution in [-0.2, 0) is 4.74 Å². The average Bonchev–Trinajstić information content (AvgIpc) is 2.70. The first kappa shape index (κ1) is 10.8. The lowest BCUT2D eigenvalue weighted by Crippen LogP contribution is -2.32. The van der Waals surface area contributed by atoms with Crippen LogP contribution in [0.3, 0.4) is 0 Å². The molecule has 2 rings (SSSR count). The zero-order chi connectivity index (χ0) is 11.5. The molecule has 1 saturated heterocycles. The predicted molar refractivity (Wildman–Crippen MR) is 60.9 cm³/mol. The van der Waals surface area contributed by atoms with E-state index in [4.69, 9.17) is 9.47 Å². The summed E-state index contributed by atoms with van der Waals surface area (Å²) in [6.07, 6.45) is 0.620. The number of hydrogen-bond acceptors (Lipinski definition) is 3. The molecule has 0 aliphatic carbocycles. The van der Waals surface area contributed by atoms with Crippen LogP contribution in [0.2, 0.25) is 0 Å². The summed E-state index contributed by atoms with van der Waals surface area (Å²) < 4.78 is 10.1. The van der Waals surface area contributed by atoms with Crippen molar-refractivity contribution >= 4 is 11.8 Å². The Labute approximate surface area is 94.8 Å². The Morgan fingerprint density at radius 3 is 2.69 bits per heavy atom. The first-order valence-electron chi connectivity index (χ1n) is 5.36. The van der Waals surface area contributed by atoms with Crippen molar-refractivity contribution < 1.29 is 14.3 Å². The second-order valence-corrected chi connectivity index (χ2v) is 3.71. The maximum Gasteiger partial charge on any atom is 0.414 e. The third-order valence-electron chi connectivity index (χ3n) is 2.78. The number of nitrogens with zero attached hydrogens (tertiary/aromatic N) is 1. The van der Waals surface area contributed by atoms with E-state index in [-0.39, 0.29) is 12.1 Å². The third kappa shape index (κ3) is 1.83. The van der Waals surface area contributed by atoms with Crippen LogP contribution in [0.1, 0.15) is 13.3 Å². The van der Waals surface area contributed by atoms with Gasteiger partial charge in [-0.1, -0.05) is 6.92 Å². The van der Waals surface area contributed by atoms with Gasteiger partial charge in [0, 0.05) is 5.69 Å². The van der Waals surface area contributed by atoms with Gasteiger partial charge in [-0.05, 0) is 30.7 Å². The van der Waals surface area contributed by atoms with Gasteiger partial charge in [-0.2, -0.15) is 0 Å². The Kier molecular flexibility index (Phi) is 2.99. The zero-order valence-corrected chi connectivity index (χ0v) is 9.47. The molecule has 4 nitrogen and oxygen atoms in total. The van der Waals surface area contributed by atoms with Crippen molar-refractivity contribution in [1.82, 2.24) is 0 Å². The van der Waals surface area contributed by atoms with Gasteiger partial charge >= 0.3 is 6.09 Å². The molecule has 0 bridgehead atoms. The second kappa shape index (κ2) is 4.43. The highest BCUT2D eigenvalue weighted by atomic mass is 16.6. The molecule has 16 heavy (non-hydrogen) atoms. The molecule has 86 valence electrons. The van der Waals surface area contributed by atoms with E-state index in [1.807, 2.05) is 31.2 Å². The van der Waals surface area contributed by atoms with E-state index >= 15 is 0 Å². The Morgan fingerprint density at radius 2 is 2.12 bits per heavy atom. The standard InChI is InChI=1S/C12H15NO3/c1-3-9-8-16-12(14)13(9)10-4-6-11(15-2)7-5-10/h4-7,9H,3,8H2,1-2H3. The number of benzene rings is 1. The van der Waals surface area contributed by atoms with Crippen LogP contribution in [0.5, 0.6) is 5.75 Å². The summed E-state index contributed by atoms with van der Waals surface area (Å²) in [7, 11) is 1.62. The van der Waals surface area contributed by atoms with Crippen molar-refractivity contribution in [1.29, 1.82) is 0 Å². The summed E-state index contributed by atoms with van der Waals surface area (Å²) >= 11 is 0. The number of rotatable bonds is 3. The highest BCUT2D eigenvalue weighted by molar-refractivity contribution is 5.90. The summed E-state index contributed by atoms with van der Waals surface area (Å²) in [6, 6.07) is 7.56. The molecule has 1 atom stereocenters. The van der Waals surface area contributed by atoms with Crippen molar-refractivity contribution in [3.05, 3.63) is 24.3 Å². The zero-order valence-electron chi connectivity index (χ0n) is 9.47. The van der Waals surface area contributed by atoms with E-state index in [0.29, 0.717) is 6.61 Å². The molecule has 0 spiro atoms. The first-order valence-corrected chi connectivity index (χ1v) is 5.36. The predicted octanol–water partition coefficient (Wildman–Crippen LogP) is 2.43. The van der Waals surface area contributed by atoms with Crippen LogP contribution in [0, 0.1) is 0 Å². The van der Waals surface area contributed by atoms with Gasteiger partial charge in [0.2, 0.25) is 0 Å². The van der Waals surface area contributed by atoms with E-state index in [2.05, 4.69) is 0 Å². The number of hydrogen-bond donors (Lipinski definition) is 0. The molecule has 1 aromatic rings. The number of carbonyl (C=O) groups excluding carboxylic acids is 1. The molecular weight excluding hydrogens is 206 g/mol. The monoisotopic (exact) mass is 221 g/mol. The van der Waals surface area contributed by atoms with E-state index in [0.717, 1.165) is 17.9 Å². The molecule has 1 amide bonds. The van der Waals surface area contributed by atoms with Gasteiger partial charge in [0.15, 0.2) is 0 Å². The van der Waals surface area contributed by atoms with E-state index in [1.54, 1.807) is 12.0 Å². The quantitative estimate of drug-likeness (QED) is 0.786. The molecule has 0 saturated carbocycles. The number of cyclic esters (lactones) is 1. The van der Waals surface area contributed by atoms with Gasteiger partial charge in [-0.15, -0.1) is 0 Å². The van der Waals surface area contributed by atoms with Crippen LogP contribution >= 0.6 is 0 Å². The molecule has 1 unspecified atom stereocenters. The van der Waals surface area contributed by atoms with Crippen molar-refractivity contribution in [2.24, 2.45) is 0 Å². The van der Waals surface area contributed by atoms with Gasteiger partial charge in [-0.25, -0.2) is 4.79 Å². The SMILES string of the molecule is CCC1COC(=O)N1c1ccc(OC)cc1. The fourth-order valence-electron chi connectivity index (χ4n) is 1.82. The van der Waals surface area contributed by atoms with Gasteiger partial charge in [0.25, 0.3) is 0 Å². The maximum atomic E-state index is 11.6. The van der Waals surface area contributed by atoms with Crippen LogP contribution in [0.25, 0.3) is 0 Å². The molecule has 1 aliphatic heterocycles. The number of amides is 1. The highest BCUT2D eigenvalue weighted by Gasteiger charge is 2.32. The normalized spacial score (nSPS) is 19.8. The van der Waals surface area contributed by atoms with Crippen LogP contribution in [0.15, 0.2) is 24.3 Å². The summed E-state index contributed by atoms with van der Waals surface area (Å²) in [6.45, 7) is 2.52. The molecule has 0 radical (unpaired) electrons. The highest BCUT2D eigenvalue weighted by Crippen LogP contribution is 2.26. The summed E-state index contributed by atoms with van der Waals surface area (Å²) in [5.74, 6) is 0.782. The number of carbonyl (C=O) groups is 1. The van der Waals surface area contributed by atoms with Gasteiger partial charge in [0.1, 0.15) is 12.4 Å². The Morgan fingerprint density at radius 1 is 1.44 bits per heavy atom. The fraction of sp³-hybridized carbons (Fsp3) is 0.417. The summed E-state index contributed by atoms with van der Waals surface area (Å²) in [4.78, 5) is 13.3. The topological polar surface area (TPSA) is 38.8 Å².